The molecule has 0 aliphatic carbocycles. The fraction of sp³-hybridized carbons (Fsp3) is 0.391. The topological polar surface area (TPSA) is 58.6 Å². The molecular weight excluding hydrogens is 512 g/mol. The molecule has 0 aliphatic rings. The van der Waals surface area contributed by atoms with Crippen molar-refractivity contribution in [3.05, 3.63) is 62.0 Å². The molecule has 1 unspecified atom stereocenters. The van der Waals surface area contributed by atoms with Gasteiger partial charge in [0.25, 0.3) is 5.91 Å². The number of rotatable bonds is 9. The highest BCUT2D eigenvalue weighted by atomic mass is 79.9. The molecule has 0 radical (unpaired) electrons. The van der Waals surface area contributed by atoms with E-state index in [-0.39, 0.29) is 18.4 Å². The summed E-state index contributed by atoms with van der Waals surface area (Å²) < 4.78 is 7.77. The van der Waals surface area contributed by atoms with E-state index in [1.165, 1.54) is 0 Å². The third kappa shape index (κ3) is 6.84. The summed E-state index contributed by atoms with van der Waals surface area (Å²) in [4.78, 5) is 27.1. The van der Waals surface area contributed by atoms with Gasteiger partial charge in [0.1, 0.15) is 11.8 Å². The van der Waals surface area contributed by atoms with Crippen LogP contribution in [0.3, 0.4) is 0 Å². The highest BCUT2D eigenvalue weighted by molar-refractivity contribution is 9.10. The summed E-state index contributed by atoms with van der Waals surface area (Å²) >= 11 is 6.96. The number of aryl methyl sites for hydroxylation is 2. The molecule has 0 aliphatic heterocycles. The van der Waals surface area contributed by atoms with Gasteiger partial charge in [-0.25, -0.2) is 0 Å². The SMILES string of the molecule is CCCNC(=O)C(C)N(Cc1ccc(Br)cc1)C(=O)COc1cc(C)c(Br)c(C)c1. The number of nitrogens with zero attached hydrogens (tertiary/aromatic N) is 1. The molecule has 0 bridgehead atoms. The van der Waals surface area contributed by atoms with Crippen LogP contribution in [0.1, 0.15) is 37.0 Å². The zero-order chi connectivity index (χ0) is 22.3. The normalized spacial score (nSPS) is 11.7. The second-order valence-corrected chi connectivity index (χ2v) is 8.98. The predicted octanol–water partition coefficient (Wildman–Crippen LogP) is 5.15. The molecule has 2 aromatic rings. The molecule has 162 valence electrons. The lowest BCUT2D eigenvalue weighted by atomic mass is 10.1. The molecule has 30 heavy (non-hydrogen) atoms. The smallest absolute Gasteiger partial charge is 0.261 e. The Kier molecular flexibility index (Phi) is 9.37. The molecular formula is C23H28Br2N2O3. The molecule has 0 saturated carbocycles. The second-order valence-electron chi connectivity index (χ2n) is 7.27. The fourth-order valence-electron chi connectivity index (χ4n) is 2.98. The number of nitrogens with one attached hydrogen (secondary N) is 1. The second kappa shape index (κ2) is 11.5. The van der Waals surface area contributed by atoms with Gasteiger partial charge >= 0.3 is 0 Å². The Hall–Kier alpha value is -1.86. The van der Waals surface area contributed by atoms with Crippen LogP contribution in [-0.2, 0) is 16.1 Å². The van der Waals surface area contributed by atoms with Crippen LogP contribution in [-0.4, -0.2) is 35.9 Å². The molecule has 7 heteroatoms. The van der Waals surface area contributed by atoms with Crippen molar-refractivity contribution >= 4 is 43.7 Å². The maximum atomic E-state index is 13.0. The number of carbonyl (C=O) groups excluding carboxylic acids is 2. The van der Waals surface area contributed by atoms with Gasteiger partial charge in [-0.15, -0.1) is 0 Å². The Morgan fingerprint density at radius 3 is 2.27 bits per heavy atom. The van der Waals surface area contributed by atoms with Crippen LogP contribution in [0.4, 0.5) is 0 Å². The highest BCUT2D eigenvalue weighted by Gasteiger charge is 2.26. The number of benzene rings is 2. The van der Waals surface area contributed by atoms with Crippen LogP contribution >= 0.6 is 31.9 Å². The molecule has 0 aromatic heterocycles. The van der Waals surface area contributed by atoms with Crippen molar-refractivity contribution in [2.24, 2.45) is 0 Å². The monoisotopic (exact) mass is 538 g/mol. The molecule has 0 saturated heterocycles. The van der Waals surface area contributed by atoms with Gasteiger partial charge in [-0.1, -0.05) is 50.9 Å². The van der Waals surface area contributed by atoms with E-state index in [1.807, 2.05) is 57.2 Å². The Morgan fingerprint density at radius 1 is 1.10 bits per heavy atom. The van der Waals surface area contributed by atoms with Crippen LogP contribution in [0.15, 0.2) is 45.3 Å². The van der Waals surface area contributed by atoms with E-state index in [9.17, 15) is 9.59 Å². The quantitative estimate of drug-likeness (QED) is 0.479. The molecule has 2 amide bonds. The van der Waals surface area contributed by atoms with Crippen LogP contribution in [0, 0.1) is 13.8 Å². The predicted molar refractivity (Wildman–Crippen MR) is 127 cm³/mol. The lowest BCUT2D eigenvalue weighted by Gasteiger charge is -2.28. The van der Waals surface area contributed by atoms with E-state index < -0.39 is 6.04 Å². The van der Waals surface area contributed by atoms with Crippen molar-refractivity contribution in [3.8, 4) is 5.75 Å². The Morgan fingerprint density at radius 2 is 1.70 bits per heavy atom. The van der Waals surface area contributed by atoms with E-state index in [0.29, 0.717) is 18.8 Å². The average Bonchev–Trinajstić information content (AvgIpc) is 2.73. The number of ether oxygens (including phenoxy) is 1. The standard InChI is InChI=1S/C23H28Br2N2O3/c1-5-10-26-23(29)17(4)27(13-18-6-8-19(24)9-7-18)21(28)14-30-20-11-15(2)22(25)16(3)12-20/h6-9,11-12,17H,5,10,13-14H2,1-4H3,(H,26,29). The van der Waals surface area contributed by atoms with Crippen molar-refractivity contribution in [2.75, 3.05) is 13.2 Å². The number of halogens is 2. The van der Waals surface area contributed by atoms with Gasteiger partial charge in [-0.05, 0) is 68.1 Å². The van der Waals surface area contributed by atoms with Gasteiger partial charge in [-0.2, -0.15) is 0 Å². The summed E-state index contributed by atoms with van der Waals surface area (Å²) in [6.07, 6.45) is 0.838. The minimum Gasteiger partial charge on any atom is -0.484 e. The summed E-state index contributed by atoms with van der Waals surface area (Å²) in [5, 5.41) is 2.87. The summed E-state index contributed by atoms with van der Waals surface area (Å²) in [5.74, 6) is 0.223. The molecule has 0 heterocycles. The van der Waals surface area contributed by atoms with Gasteiger partial charge < -0.3 is 15.0 Å². The van der Waals surface area contributed by atoms with Crippen LogP contribution in [0.2, 0.25) is 0 Å². The van der Waals surface area contributed by atoms with Gasteiger partial charge in [0.15, 0.2) is 6.61 Å². The van der Waals surface area contributed by atoms with E-state index in [0.717, 1.165) is 32.1 Å². The van der Waals surface area contributed by atoms with E-state index in [4.69, 9.17) is 4.74 Å². The minimum absolute atomic E-state index is 0.136. The minimum atomic E-state index is -0.607. The van der Waals surface area contributed by atoms with Crippen molar-refractivity contribution in [1.82, 2.24) is 10.2 Å². The van der Waals surface area contributed by atoms with E-state index >= 15 is 0 Å². The Bertz CT molecular complexity index is 862. The molecule has 0 fully saturated rings. The van der Waals surface area contributed by atoms with Crippen LogP contribution < -0.4 is 10.1 Å². The first-order valence-corrected chi connectivity index (χ1v) is 11.5. The first kappa shape index (κ1) is 24.4. The Labute approximate surface area is 195 Å². The fourth-order valence-corrected chi connectivity index (χ4v) is 3.48. The number of amides is 2. The van der Waals surface area contributed by atoms with E-state index in [1.54, 1.807) is 11.8 Å². The van der Waals surface area contributed by atoms with Crippen molar-refractivity contribution < 1.29 is 14.3 Å². The Balaban J connectivity index is 2.16. The maximum Gasteiger partial charge on any atom is 0.261 e. The summed E-state index contributed by atoms with van der Waals surface area (Å²) in [5.41, 5.74) is 3.02. The van der Waals surface area contributed by atoms with Gasteiger partial charge in [0.2, 0.25) is 5.91 Å². The first-order chi connectivity index (χ1) is 14.2. The van der Waals surface area contributed by atoms with Crippen molar-refractivity contribution in [1.29, 1.82) is 0 Å². The molecule has 0 spiro atoms. The lowest BCUT2D eigenvalue weighted by Crippen LogP contribution is -2.49. The van der Waals surface area contributed by atoms with Gasteiger partial charge in [0.05, 0.1) is 0 Å². The van der Waals surface area contributed by atoms with Gasteiger partial charge in [0, 0.05) is 22.0 Å². The van der Waals surface area contributed by atoms with E-state index in [2.05, 4.69) is 37.2 Å². The van der Waals surface area contributed by atoms with Crippen LogP contribution in [0.25, 0.3) is 0 Å². The van der Waals surface area contributed by atoms with Crippen LogP contribution in [0.5, 0.6) is 5.75 Å². The lowest BCUT2D eigenvalue weighted by molar-refractivity contribution is -0.142. The zero-order valence-corrected chi connectivity index (χ0v) is 21.0. The number of carbonyl (C=O) groups is 2. The average molecular weight is 540 g/mol. The van der Waals surface area contributed by atoms with Crippen molar-refractivity contribution in [3.63, 3.8) is 0 Å². The zero-order valence-electron chi connectivity index (χ0n) is 17.8. The van der Waals surface area contributed by atoms with Crippen molar-refractivity contribution in [2.45, 2.75) is 46.7 Å². The van der Waals surface area contributed by atoms with Gasteiger partial charge in [-0.3, -0.25) is 9.59 Å². The summed E-state index contributed by atoms with van der Waals surface area (Å²) in [6.45, 7) is 8.47. The first-order valence-electron chi connectivity index (χ1n) is 9.94. The number of hydrogen-bond acceptors (Lipinski definition) is 3. The summed E-state index contributed by atoms with van der Waals surface area (Å²) in [7, 11) is 0. The third-order valence-corrected chi connectivity index (χ3v) is 6.53. The third-order valence-electron chi connectivity index (χ3n) is 4.75. The molecule has 5 nitrogen and oxygen atoms in total. The molecule has 2 aromatic carbocycles. The molecule has 2 rings (SSSR count). The molecule has 1 N–H and O–H groups in total. The highest BCUT2D eigenvalue weighted by Crippen LogP contribution is 2.26. The maximum absolute atomic E-state index is 13.0. The molecule has 1 atom stereocenters. The largest absolute Gasteiger partial charge is 0.484 e. The number of hydrogen-bond donors (Lipinski definition) is 1. The summed E-state index contributed by atoms with van der Waals surface area (Å²) in [6, 6.07) is 10.9.